The highest BCUT2D eigenvalue weighted by molar-refractivity contribution is 7.99. The molecular weight excluding hydrogens is 504 g/mol. The van der Waals surface area contributed by atoms with Gasteiger partial charge in [0.2, 0.25) is 5.91 Å². The highest BCUT2D eigenvalue weighted by atomic mass is 35.5. The predicted molar refractivity (Wildman–Crippen MR) is 139 cm³/mol. The Hall–Kier alpha value is -3.69. The molecule has 2 N–H and O–H groups in total. The van der Waals surface area contributed by atoms with Gasteiger partial charge in [-0.15, -0.1) is 0 Å². The van der Waals surface area contributed by atoms with Gasteiger partial charge in [-0.2, -0.15) is 0 Å². The molecule has 0 bridgehead atoms. The Morgan fingerprint density at radius 3 is 2.11 bits per heavy atom. The van der Waals surface area contributed by atoms with Crippen molar-refractivity contribution in [2.45, 2.75) is 22.6 Å². The van der Waals surface area contributed by atoms with E-state index in [2.05, 4.69) is 10.6 Å². The Labute approximate surface area is 218 Å². The van der Waals surface area contributed by atoms with Crippen LogP contribution in [0.15, 0.2) is 76.5 Å². The molecule has 3 aromatic rings. The van der Waals surface area contributed by atoms with Crippen molar-refractivity contribution in [2.75, 3.05) is 31.5 Å². The number of amides is 2. The van der Waals surface area contributed by atoms with E-state index in [-0.39, 0.29) is 18.7 Å². The minimum Gasteiger partial charge on any atom is -0.497 e. The molecule has 10 heteroatoms. The molecule has 36 heavy (non-hydrogen) atoms. The largest absolute Gasteiger partial charge is 0.497 e. The lowest BCUT2D eigenvalue weighted by Crippen LogP contribution is -2.22. The molecule has 8 nitrogen and oxygen atoms in total. The van der Waals surface area contributed by atoms with Gasteiger partial charge in [-0.3, -0.25) is 14.4 Å². The summed E-state index contributed by atoms with van der Waals surface area (Å²) in [4.78, 5) is 38.4. The molecule has 0 aliphatic carbocycles. The van der Waals surface area contributed by atoms with E-state index >= 15 is 0 Å². The summed E-state index contributed by atoms with van der Waals surface area (Å²) in [5.41, 5.74) is 0.996. The number of hydrogen-bond acceptors (Lipinski definition) is 7. The van der Waals surface area contributed by atoms with Crippen molar-refractivity contribution in [2.24, 2.45) is 0 Å². The van der Waals surface area contributed by atoms with Crippen LogP contribution in [-0.4, -0.2) is 38.6 Å². The van der Waals surface area contributed by atoms with Crippen LogP contribution in [0.4, 0.5) is 11.4 Å². The maximum atomic E-state index is 12.2. The minimum absolute atomic E-state index is 0.0779. The summed E-state index contributed by atoms with van der Waals surface area (Å²) in [5.74, 6) is -0.577. The van der Waals surface area contributed by atoms with Gasteiger partial charge in [0.1, 0.15) is 11.5 Å². The second kappa shape index (κ2) is 13.4. The number of methoxy groups -OCH3 is 2. The quantitative estimate of drug-likeness (QED) is 0.321. The van der Waals surface area contributed by atoms with Crippen molar-refractivity contribution in [1.29, 1.82) is 0 Å². The Morgan fingerprint density at radius 2 is 1.47 bits per heavy atom. The summed E-state index contributed by atoms with van der Waals surface area (Å²) in [6, 6.07) is 19.8. The first kappa shape index (κ1) is 26.9. The summed E-state index contributed by atoms with van der Waals surface area (Å²) in [6.07, 6.45) is -0.239. The Balaban J connectivity index is 1.39. The minimum atomic E-state index is -0.660. The average Bonchev–Trinajstić information content (AvgIpc) is 2.88. The van der Waals surface area contributed by atoms with Gasteiger partial charge in [-0.1, -0.05) is 23.4 Å². The van der Waals surface area contributed by atoms with Crippen LogP contribution >= 0.6 is 23.4 Å². The first-order chi connectivity index (χ1) is 17.4. The zero-order valence-electron chi connectivity index (χ0n) is 19.7. The molecular formula is C26H25ClN2O6S. The fourth-order valence-electron chi connectivity index (χ4n) is 3.00. The van der Waals surface area contributed by atoms with Crippen molar-refractivity contribution >= 4 is 52.5 Å². The van der Waals surface area contributed by atoms with Gasteiger partial charge in [0.05, 0.1) is 26.3 Å². The molecule has 0 radical (unpaired) electrons. The van der Waals surface area contributed by atoms with Crippen LogP contribution in [0, 0.1) is 0 Å². The van der Waals surface area contributed by atoms with Gasteiger partial charge in [0.15, 0.2) is 6.61 Å². The molecule has 188 valence electrons. The van der Waals surface area contributed by atoms with Crippen molar-refractivity contribution in [3.63, 3.8) is 0 Å². The standard InChI is InChI=1S/C26H25ClN2O6S/c1-33-19-7-12-23(34-2)22(15-19)29-25(31)16-35-26(32)14-13-24(30)28-18-5-10-21(11-6-18)36-20-8-3-17(27)4-9-20/h3-12,15H,13-14,16H2,1-2H3,(H,28,30)(H,29,31). The van der Waals surface area contributed by atoms with Crippen molar-refractivity contribution in [3.05, 3.63) is 71.8 Å². The first-order valence-electron chi connectivity index (χ1n) is 10.9. The highest BCUT2D eigenvalue weighted by Crippen LogP contribution is 2.30. The number of anilines is 2. The number of esters is 1. The Kier molecular flexibility index (Phi) is 10.0. The van der Waals surface area contributed by atoms with Crippen molar-refractivity contribution in [1.82, 2.24) is 0 Å². The monoisotopic (exact) mass is 528 g/mol. The lowest BCUT2D eigenvalue weighted by molar-refractivity contribution is -0.147. The van der Waals surface area contributed by atoms with Gasteiger partial charge < -0.3 is 24.8 Å². The number of benzene rings is 3. The van der Waals surface area contributed by atoms with E-state index in [4.69, 9.17) is 25.8 Å². The Bertz CT molecular complexity index is 1200. The molecule has 0 heterocycles. The second-order valence-electron chi connectivity index (χ2n) is 7.40. The molecule has 0 aromatic heterocycles. The molecule has 0 unspecified atom stereocenters. The van der Waals surface area contributed by atoms with Crippen LogP contribution in [-0.2, 0) is 19.1 Å². The van der Waals surface area contributed by atoms with Gasteiger partial charge in [-0.25, -0.2) is 0 Å². The van der Waals surface area contributed by atoms with Crippen LogP contribution in [0.2, 0.25) is 5.02 Å². The molecule has 0 aliphatic rings. The topological polar surface area (TPSA) is 103 Å². The molecule has 3 rings (SSSR count). The molecule has 0 saturated heterocycles. The van der Waals surface area contributed by atoms with E-state index < -0.39 is 18.5 Å². The van der Waals surface area contributed by atoms with E-state index in [1.54, 1.807) is 42.1 Å². The smallest absolute Gasteiger partial charge is 0.306 e. The maximum Gasteiger partial charge on any atom is 0.306 e. The van der Waals surface area contributed by atoms with Gasteiger partial charge in [0, 0.05) is 33.0 Å². The van der Waals surface area contributed by atoms with Gasteiger partial charge in [0.25, 0.3) is 5.91 Å². The molecule has 3 aromatic carbocycles. The summed E-state index contributed by atoms with van der Waals surface area (Å²) >= 11 is 7.48. The lowest BCUT2D eigenvalue weighted by Gasteiger charge is -2.12. The van der Waals surface area contributed by atoms with Crippen LogP contribution in [0.25, 0.3) is 0 Å². The fraction of sp³-hybridized carbons (Fsp3) is 0.192. The SMILES string of the molecule is COc1ccc(OC)c(NC(=O)COC(=O)CCC(=O)Nc2ccc(Sc3ccc(Cl)cc3)cc2)c1. The molecule has 0 aliphatic heterocycles. The number of rotatable bonds is 11. The summed E-state index contributed by atoms with van der Waals surface area (Å²) < 4.78 is 15.3. The third kappa shape index (κ3) is 8.51. The number of nitrogens with one attached hydrogen (secondary N) is 2. The number of carbonyl (C=O) groups is 3. The van der Waals surface area contributed by atoms with Crippen LogP contribution < -0.4 is 20.1 Å². The van der Waals surface area contributed by atoms with E-state index in [9.17, 15) is 14.4 Å². The number of carbonyl (C=O) groups excluding carboxylic acids is 3. The summed E-state index contributed by atoms with van der Waals surface area (Å²) in [5, 5.41) is 6.02. The maximum absolute atomic E-state index is 12.2. The van der Waals surface area contributed by atoms with Crippen LogP contribution in [0.1, 0.15) is 12.8 Å². The molecule has 2 amide bonds. The molecule has 0 saturated carbocycles. The Morgan fingerprint density at radius 1 is 0.806 bits per heavy atom. The molecule has 0 atom stereocenters. The molecule has 0 spiro atoms. The van der Waals surface area contributed by atoms with Crippen molar-refractivity contribution < 1.29 is 28.6 Å². The second-order valence-corrected chi connectivity index (χ2v) is 8.99. The number of hydrogen-bond donors (Lipinski definition) is 2. The zero-order valence-corrected chi connectivity index (χ0v) is 21.3. The van der Waals surface area contributed by atoms with E-state index in [0.717, 1.165) is 9.79 Å². The summed E-state index contributed by atoms with van der Waals surface area (Å²) in [7, 11) is 2.97. The summed E-state index contributed by atoms with van der Waals surface area (Å²) in [6.45, 7) is -0.492. The predicted octanol–water partition coefficient (Wildman–Crippen LogP) is 5.41. The normalized spacial score (nSPS) is 10.3. The highest BCUT2D eigenvalue weighted by Gasteiger charge is 2.13. The zero-order chi connectivity index (χ0) is 25.9. The van der Waals surface area contributed by atoms with Crippen molar-refractivity contribution in [3.8, 4) is 11.5 Å². The van der Waals surface area contributed by atoms with Crippen LogP contribution in [0.5, 0.6) is 11.5 Å². The van der Waals surface area contributed by atoms with Crippen LogP contribution in [0.3, 0.4) is 0 Å². The number of halogens is 1. The third-order valence-electron chi connectivity index (χ3n) is 4.79. The van der Waals surface area contributed by atoms with E-state index in [1.165, 1.54) is 14.2 Å². The first-order valence-corrected chi connectivity index (χ1v) is 12.1. The number of ether oxygens (including phenoxy) is 3. The van der Waals surface area contributed by atoms with E-state index in [0.29, 0.717) is 27.9 Å². The lowest BCUT2D eigenvalue weighted by atomic mass is 10.2. The third-order valence-corrected chi connectivity index (χ3v) is 6.06. The van der Waals surface area contributed by atoms with Gasteiger partial charge >= 0.3 is 5.97 Å². The van der Waals surface area contributed by atoms with Gasteiger partial charge in [-0.05, 0) is 60.7 Å². The van der Waals surface area contributed by atoms with E-state index in [1.807, 2.05) is 36.4 Å². The molecule has 0 fully saturated rings. The average molecular weight is 529 g/mol. The fourth-order valence-corrected chi connectivity index (χ4v) is 3.94.